The van der Waals surface area contributed by atoms with Crippen molar-refractivity contribution in [2.45, 2.75) is 19.9 Å². The van der Waals surface area contributed by atoms with Gasteiger partial charge in [-0.05, 0) is 26.0 Å². The van der Waals surface area contributed by atoms with E-state index in [2.05, 4.69) is 15.3 Å². The van der Waals surface area contributed by atoms with E-state index in [-0.39, 0.29) is 11.9 Å². The molecule has 0 spiro atoms. The Bertz CT molecular complexity index is 628. The molecule has 1 aromatic rings. The molecule has 5 heteroatoms. The summed E-state index contributed by atoms with van der Waals surface area (Å²) < 4.78 is 0. The third kappa shape index (κ3) is 1.83. The standard InChI is InChI=1S/C14H14N4O/c1-9(2)18-12-6-4-3-5-11(12)17-13-10(14(18)19)7-15-8-16-13/h3-9H,1-2H3,(H,15,16,17). The van der Waals surface area contributed by atoms with Gasteiger partial charge in [-0.15, -0.1) is 0 Å². The van der Waals surface area contributed by atoms with Crippen molar-refractivity contribution in [3.8, 4) is 0 Å². The molecule has 0 radical (unpaired) electrons. The minimum absolute atomic E-state index is 0.0509. The molecule has 1 N–H and O–H groups in total. The van der Waals surface area contributed by atoms with E-state index in [1.54, 1.807) is 11.1 Å². The summed E-state index contributed by atoms with van der Waals surface area (Å²) in [5.41, 5.74) is 2.10. The molecule has 0 saturated heterocycles. The second kappa shape index (κ2) is 4.35. The average Bonchev–Trinajstić information content (AvgIpc) is 2.53. The van der Waals surface area contributed by atoms with E-state index < -0.39 is 0 Å². The highest BCUT2D eigenvalue weighted by Gasteiger charge is 2.31. The molecule has 0 unspecified atom stereocenters. The van der Waals surface area contributed by atoms with Gasteiger partial charge < -0.3 is 10.2 Å². The van der Waals surface area contributed by atoms with E-state index >= 15 is 0 Å². The highest BCUT2D eigenvalue weighted by atomic mass is 16.2. The molecule has 0 atom stereocenters. The Morgan fingerprint density at radius 1 is 1.26 bits per heavy atom. The van der Waals surface area contributed by atoms with Crippen LogP contribution in [-0.2, 0) is 4.79 Å². The summed E-state index contributed by atoms with van der Waals surface area (Å²) in [6.07, 6.45) is 3.09. The van der Waals surface area contributed by atoms with Crippen molar-refractivity contribution < 1.29 is 4.79 Å². The largest absolute Gasteiger partial charge is 0.330 e. The number of amides is 1. The smallest absolute Gasteiger partial charge is 0.263 e. The first-order valence-electron chi connectivity index (χ1n) is 6.18. The van der Waals surface area contributed by atoms with Crippen molar-refractivity contribution in [2.75, 3.05) is 4.90 Å². The minimum Gasteiger partial charge on any atom is -0.330 e. The highest BCUT2D eigenvalue weighted by molar-refractivity contribution is 6.29. The second-order valence-electron chi connectivity index (χ2n) is 4.68. The Balaban J connectivity index is 2.23. The normalized spacial score (nSPS) is 17.2. The Morgan fingerprint density at radius 2 is 2.05 bits per heavy atom. The number of anilines is 1. The molecule has 2 aliphatic rings. The summed E-state index contributed by atoms with van der Waals surface area (Å²) >= 11 is 0. The number of para-hydroxylation sites is 2. The zero-order valence-electron chi connectivity index (χ0n) is 10.8. The molecule has 0 saturated carbocycles. The molecule has 2 aliphatic heterocycles. The minimum atomic E-state index is -0.0805. The molecule has 19 heavy (non-hydrogen) atoms. The molecule has 3 rings (SSSR count). The number of amidine groups is 1. The highest BCUT2D eigenvalue weighted by Crippen LogP contribution is 2.34. The summed E-state index contributed by atoms with van der Waals surface area (Å²) in [6, 6.07) is 7.69. The first-order valence-corrected chi connectivity index (χ1v) is 6.18. The molecule has 96 valence electrons. The number of carbonyl (C=O) groups excluding carboxylic acids is 1. The van der Waals surface area contributed by atoms with Crippen molar-refractivity contribution in [3.63, 3.8) is 0 Å². The van der Waals surface area contributed by atoms with Crippen molar-refractivity contribution in [1.82, 2.24) is 5.32 Å². The molecule has 1 amide bonds. The zero-order valence-corrected chi connectivity index (χ0v) is 10.8. The molecule has 0 aromatic heterocycles. The lowest BCUT2D eigenvalue weighted by atomic mass is 10.1. The predicted octanol–water partition coefficient (Wildman–Crippen LogP) is 1.99. The average molecular weight is 254 g/mol. The number of aliphatic imine (C=N–C) groups is 2. The second-order valence-corrected chi connectivity index (χ2v) is 4.68. The summed E-state index contributed by atoms with van der Waals surface area (Å²) in [7, 11) is 0. The molecular formula is C14H14N4O. The number of fused-ring (bicyclic) bond motifs is 2. The molecule has 2 heterocycles. The van der Waals surface area contributed by atoms with Gasteiger partial charge in [0.1, 0.15) is 11.4 Å². The molecule has 5 nitrogen and oxygen atoms in total. The van der Waals surface area contributed by atoms with Gasteiger partial charge in [0.2, 0.25) is 0 Å². The maximum absolute atomic E-state index is 12.6. The molecule has 1 aromatic carbocycles. The van der Waals surface area contributed by atoms with Gasteiger partial charge in [0.05, 0.1) is 17.7 Å². The van der Waals surface area contributed by atoms with Crippen LogP contribution in [0.3, 0.4) is 0 Å². The Labute approximate surface area is 111 Å². The van der Waals surface area contributed by atoms with Crippen LogP contribution in [0.15, 0.2) is 46.0 Å². The third-order valence-corrected chi connectivity index (χ3v) is 3.07. The number of hydrogen-bond acceptors (Lipinski definition) is 4. The lowest BCUT2D eigenvalue weighted by molar-refractivity contribution is -0.115. The van der Waals surface area contributed by atoms with Gasteiger partial charge in [-0.2, -0.15) is 0 Å². The SMILES string of the molecule is CC(C)N1C(=O)C2=CN=CNC2=Nc2ccccc21. The van der Waals surface area contributed by atoms with E-state index in [0.717, 1.165) is 11.4 Å². The van der Waals surface area contributed by atoms with Crippen LogP contribution < -0.4 is 10.2 Å². The van der Waals surface area contributed by atoms with Crippen molar-refractivity contribution in [2.24, 2.45) is 9.98 Å². The number of nitrogens with one attached hydrogen (secondary N) is 1. The van der Waals surface area contributed by atoms with Crippen LogP contribution in [0.25, 0.3) is 0 Å². The van der Waals surface area contributed by atoms with Crippen LogP contribution in [0.4, 0.5) is 11.4 Å². The van der Waals surface area contributed by atoms with Crippen molar-refractivity contribution in [3.05, 3.63) is 36.0 Å². The summed E-state index contributed by atoms with van der Waals surface area (Å²) in [6.45, 7) is 3.97. The van der Waals surface area contributed by atoms with Crippen LogP contribution in [0.2, 0.25) is 0 Å². The van der Waals surface area contributed by atoms with Gasteiger partial charge >= 0.3 is 0 Å². The van der Waals surface area contributed by atoms with Gasteiger partial charge in [0.25, 0.3) is 5.91 Å². The van der Waals surface area contributed by atoms with Gasteiger partial charge in [-0.3, -0.25) is 4.79 Å². The first kappa shape index (κ1) is 11.6. The third-order valence-electron chi connectivity index (χ3n) is 3.07. The predicted molar refractivity (Wildman–Crippen MR) is 75.9 cm³/mol. The van der Waals surface area contributed by atoms with E-state index in [1.165, 1.54) is 6.34 Å². The zero-order chi connectivity index (χ0) is 13.4. The van der Waals surface area contributed by atoms with Gasteiger partial charge in [-0.25, -0.2) is 9.98 Å². The quantitative estimate of drug-likeness (QED) is 0.833. The van der Waals surface area contributed by atoms with Crippen LogP contribution in [0, 0.1) is 0 Å². The van der Waals surface area contributed by atoms with Crippen molar-refractivity contribution >= 4 is 29.5 Å². The topological polar surface area (TPSA) is 57.1 Å². The Morgan fingerprint density at radius 3 is 2.84 bits per heavy atom. The van der Waals surface area contributed by atoms with E-state index in [0.29, 0.717) is 11.4 Å². The van der Waals surface area contributed by atoms with Crippen LogP contribution in [-0.4, -0.2) is 24.1 Å². The maximum atomic E-state index is 12.6. The fraction of sp³-hybridized carbons (Fsp3) is 0.214. The molecular weight excluding hydrogens is 240 g/mol. The monoisotopic (exact) mass is 254 g/mol. The van der Waals surface area contributed by atoms with E-state index in [4.69, 9.17) is 0 Å². The molecule has 0 aliphatic carbocycles. The summed E-state index contributed by atoms with van der Waals surface area (Å²) in [5, 5.41) is 2.93. The number of hydrogen-bond donors (Lipinski definition) is 1. The summed E-state index contributed by atoms with van der Waals surface area (Å²) in [5.74, 6) is 0.471. The van der Waals surface area contributed by atoms with Gasteiger partial charge in [0.15, 0.2) is 0 Å². The number of benzene rings is 1. The van der Waals surface area contributed by atoms with Gasteiger partial charge in [0, 0.05) is 12.2 Å². The fourth-order valence-corrected chi connectivity index (χ4v) is 2.23. The first-order chi connectivity index (χ1) is 9.18. The number of nitrogens with zero attached hydrogens (tertiary/aromatic N) is 3. The van der Waals surface area contributed by atoms with Crippen LogP contribution in [0.1, 0.15) is 13.8 Å². The molecule has 0 fully saturated rings. The lowest BCUT2D eigenvalue weighted by Gasteiger charge is -2.27. The Hall–Kier alpha value is -2.43. The number of carbonyl (C=O) groups is 1. The van der Waals surface area contributed by atoms with E-state index in [9.17, 15) is 4.79 Å². The van der Waals surface area contributed by atoms with Crippen molar-refractivity contribution in [1.29, 1.82) is 0 Å². The summed E-state index contributed by atoms with van der Waals surface area (Å²) in [4.78, 5) is 22.9. The Kier molecular flexibility index (Phi) is 2.67. The number of rotatable bonds is 1. The van der Waals surface area contributed by atoms with Gasteiger partial charge in [-0.1, -0.05) is 12.1 Å². The van der Waals surface area contributed by atoms with E-state index in [1.807, 2.05) is 38.1 Å². The fourth-order valence-electron chi connectivity index (χ4n) is 2.23. The van der Waals surface area contributed by atoms with Crippen LogP contribution in [0.5, 0.6) is 0 Å². The van der Waals surface area contributed by atoms with Crippen LogP contribution >= 0.6 is 0 Å². The lowest BCUT2D eigenvalue weighted by Crippen LogP contribution is -2.41. The maximum Gasteiger partial charge on any atom is 0.263 e. The molecule has 0 bridgehead atoms.